The molecule has 1 saturated carbocycles. The molecule has 0 amide bonds. The predicted molar refractivity (Wildman–Crippen MR) is 66.1 cm³/mol. The van der Waals surface area contributed by atoms with Gasteiger partial charge in [0.25, 0.3) is 0 Å². The number of hydrogen-bond acceptors (Lipinski definition) is 2. The largest absolute Gasteiger partial charge is 0.481 e. The lowest BCUT2D eigenvalue weighted by molar-refractivity contribution is -0.151. The highest BCUT2D eigenvalue weighted by atomic mass is 35.5. The minimum Gasteiger partial charge on any atom is -0.481 e. The summed E-state index contributed by atoms with van der Waals surface area (Å²) >= 11 is 5.72. The summed E-state index contributed by atoms with van der Waals surface area (Å²) in [4.78, 5) is 15.5. The van der Waals surface area contributed by atoms with Gasteiger partial charge in [-0.15, -0.1) is 0 Å². The van der Waals surface area contributed by atoms with Gasteiger partial charge in [0.15, 0.2) is 0 Å². The SMILES string of the molecule is O=C(O)C1(Cc2ccc(Cl)nc2)CCCCC1. The number of carbonyl (C=O) groups is 1. The Balaban J connectivity index is 2.17. The predicted octanol–water partition coefficient (Wildman–Crippen LogP) is 3.31. The molecule has 17 heavy (non-hydrogen) atoms. The zero-order valence-corrected chi connectivity index (χ0v) is 10.4. The van der Waals surface area contributed by atoms with Crippen LogP contribution in [0.5, 0.6) is 0 Å². The Bertz CT molecular complexity index is 396. The Morgan fingerprint density at radius 1 is 1.35 bits per heavy atom. The number of rotatable bonds is 3. The van der Waals surface area contributed by atoms with Crippen molar-refractivity contribution >= 4 is 17.6 Å². The number of halogens is 1. The third-order valence-corrected chi connectivity index (χ3v) is 3.82. The molecule has 0 aliphatic heterocycles. The zero-order chi connectivity index (χ0) is 12.3. The van der Waals surface area contributed by atoms with Gasteiger partial charge in [-0.05, 0) is 30.9 Å². The lowest BCUT2D eigenvalue weighted by atomic mass is 9.70. The molecule has 0 radical (unpaired) electrons. The maximum atomic E-state index is 11.5. The maximum Gasteiger partial charge on any atom is 0.309 e. The smallest absolute Gasteiger partial charge is 0.309 e. The van der Waals surface area contributed by atoms with E-state index in [9.17, 15) is 9.90 Å². The summed E-state index contributed by atoms with van der Waals surface area (Å²) in [5, 5.41) is 9.90. The fourth-order valence-electron chi connectivity index (χ4n) is 2.60. The summed E-state index contributed by atoms with van der Waals surface area (Å²) in [6, 6.07) is 3.59. The van der Waals surface area contributed by atoms with E-state index < -0.39 is 11.4 Å². The van der Waals surface area contributed by atoms with E-state index in [1.54, 1.807) is 12.3 Å². The molecule has 1 aliphatic rings. The van der Waals surface area contributed by atoms with Crippen molar-refractivity contribution in [3.05, 3.63) is 29.0 Å². The van der Waals surface area contributed by atoms with Crippen molar-refractivity contribution in [2.24, 2.45) is 5.41 Å². The van der Waals surface area contributed by atoms with Crippen molar-refractivity contribution in [2.75, 3.05) is 0 Å². The molecule has 1 aliphatic carbocycles. The highest BCUT2D eigenvalue weighted by Crippen LogP contribution is 2.39. The first-order valence-electron chi connectivity index (χ1n) is 5.96. The molecule has 1 heterocycles. The zero-order valence-electron chi connectivity index (χ0n) is 9.66. The van der Waals surface area contributed by atoms with Gasteiger partial charge in [0.2, 0.25) is 0 Å². The van der Waals surface area contributed by atoms with E-state index in [1.807, 2.05) is 6.07 Å². The number of pyridine rings is 1. The third kappa shape index (κ3) is 2.78. The normalized spacial score (nSPS) is 18.9. The lowest BCUT2D eigenvalue weighted by Gasteiger charge is -2.33. The van der Waals surface area contributed by atoms with Gasteiger partial charge in [0, 0.05) is 6.20 Å². The molecule has 1 aromatic heterocycles. The molecule has 92 valence electrons. The van der Waals surface area contributed by atoms with Crippen LogP contribution in [0.25, 0.3) is 0 Å². The fraction of sp³-hybridized carbons (Fsp3) is 0.538. The summed E-state index contributed by atoms with van der Waals surface area (Å²) in [6.07, 6.45) is 6.94. The van der Waals surface area contributed by atoms with Gasteiger partial charge >= 0.3 is 5.97 Å². The highest BCUT2D eigenvalue weighted by Gasteiger charge is 2.39. The van der Waals surface area contributed by atoms with Crippen LogP contribution in [0.2, 0.25) is 5.15 Å². The molecule has 0 aromatic carbocycles. The molecule has 4 heteroatoms. The first-order chi connectivity index (χ1) is 8.12. The van der Waals surface area contributed by atoms with E-state index in [0.29, 0.717) is 11.6 Å². The van der Waals surface area contributed by atoms with Crippen LogP contribution in [-0.4, -0.2) is 16.1 Å². The first kappa shape index (κ1) is 12.4. The number of aliphatic carboxylic acids is 1. The summed E-state index contributed by atoms with van der Waals surface area (Å²) in [5.41, 5.74) is 0.368. The summed E-state index contributed by atoms with van der Waals surface area (Å²) in [6.45, 7) is 0. The molecule has 1 N–H and O–H groups in total. The van der Waals surface area contributed by atoms with Crippen molar-refractivity contribution in [1.82, 2.24) is 4.98 Å². The maximum absolute atomic E-state index is 11.5. The van der Waals surface area contributed by atoms with Crippen LogP contribution in [0.3, 0.4) is 0 Å². The van der Waals surface area contributed by atoms with Crippen LogP contribution in [-0.2, 0) is 11.2 Å². The minimum absolute atomic E-state index is 0.446. The van der Waals surface area contributed by atoms with Gasteiger partial charge in [-0.25, -0.2) is 4.98 Å². The minimum atomic E-state index is -0.674. The average molecular weight is 254 g/mol. The molecule has 2 rings (SSSR count). The topological polar surface area (TPSA) is 50.2 Å². The van der Waals surface area contributed by atoms with E-state index in [1.165, 1.54) is 0 Å². The molecular weight excluding hydrogens is 238 g/mol. The molecule has 0 bridgehead atoms. The van der Waals surface area contributed by atoms with E-state index in [-0.39, 0.29) is 0 Å². The lowest BCUT2D eigenvalue weighted by Crippen LogP contribution is -2.35. The van der Waals surface area contributed by atoms with Gasteiger partial charge in [-0.2, -0.15) is 0 Å². The number of aromatic nitrogens is 1. The summed E-state index contributed by atoms with van der Waals surface area (Å²) in [5.74, 6) is -0.674. The number of nitrogens with zero attached hydrogens (tertiary/aromatic N) is 1. The van der Waals surface area contributed by atoms with Gasteiger partial charge < -0.3 is 5.11 Å². The van der Waals surface area contributed by atoms with Gasteiger partial charge in [-0.3, -0.25) is 4.79 Å². The molecule has 0 unspecified atom stereocenters. The van der Waals surface area contributed by atoms with Crippen LogP contribution in [0, 0.1) is 5.41 Å². The number of hydrogen-bond donors (Lipinski definition) is 1. The number of carboxylic acids is 1. The molecule has 1 fully saturated rings. The third-order valence-electron chi connectivity index (χ3n) is 3.60. The second-order valence-electron chi connectivity index (χ2n) is 4.81. The van der Waals surface area contributed by atoms with Crippen LogP contribution >= 0.6 is 11.6 Å². The quantitative estimate of drug-likeness (QED) is 0.841. The standard InChI is InChI=1S/C13H16ClNO2/c14-11-5-4-10(9-15-11)8-13(12(16)17)6-2-1-3-7-13/h4-5,9H,1-3,6-8H2,(H,16,17). The van der Waals surface area contributed by atoms with E-state index in [0.717, 1.165) is 37.7 Å². The van der Waals surface area contributed by atoms with Crippen molar-refractivity contribution < 1.29 is 9.90 Å². The van der Waals surface area contributed by atoms with Gasteiger partial charge in [0.1, 0.15) is 5.15 Å². The Hall–Kier alpha value is -1.09. The van der Waals surface area contributed by atoms with Crippen LogP contribution in [0.1, 0.15) is 37.7 Å². The van der Waals surface area contributed by atoms with Crippen molar-refractivity contribution in [3.63, 3.8) is 0 Å². The van der Waals surface area contributed by atoms with Gasteiger partial charge in [0.05, 0.1) is 5.41 Å². The Labute approximate surface area is 106 Å². The fourth-order valence-corrected chi connectivity index (χ4v) is 2.71. The molecule has 1 aromatic rings. The van der Waals surface area contributed by atoms with E-state index in [4.69, 9.17) is 11.6 Å². The second-order valence-corrected chi connectivity index (χ2v) is 5.20. The molecular formula is C13H16ClNO2. The van der Waals surface area contributed by atoms with Crippen LogP contribution in [0.15, 0.2) is 18.3 Å². The monoisotopic (exact) mass is 253 g/mol. The van der Waals surface area contributed by atoms with E-state index >= 15 is 0 Å². The summed E-state index contributed by atoms with van der Waals surface area (Å²) in [7, 11) is 0. The van der Waals surface area contributed by atoms with Crippen molar-refractivity contribution in [3.8, 4) is 0 Å². The average Bonchev–Trinajstić information content (AvgIpc) is 2.33. The first-order valence-corrected chi connectivity index (χ1v) is 6.34. The molecule has 0 atom stereocenters. The molecule has 0 saturated heterocycles. The van der Waals surface area contributed by atoms with Crippen molar-refractivity contribution in [1.29, 1.82) is 0 Å². The van der Waals surface area contributed by atoms with Crippen molar-refractivity contribution in [2.45, 2.75) is 38.5 Å². The number of carboxylic acid groups (broad SMARTS) is 1. The highest BCUT2D eigenvalue weighted by molar-refractivity contribution is 6.29. The van der Waals surface area contributed by atoms with Crippen LogP contribution < -0.4 is 0 Å². The second kappa shape index (κ2) is 5.05. The van der Waals surface area contributed by atoms with Crippen LogP contribution in [0.4, 0.5) is 0 Å². The molecule has 0 spiro atoms. The van der Waals surface area contributed by atoms with Gasteiger partial charge in [-0.1, -0.05) is 36.9 Å². The Kier molecular flexibility index (Phi) is 3.67. The Morgan fingerprint density at radius 2 is 2.06 bits per heavy atom. The Morgan fingerprint density at radius 3 is 2.59 bits per heavy atom. The van der Waals surface area contributed by atoms with E-state index in [2.05, 4.69) is 4.98 Å². The molecule has 3 nitrogen and oxygen atoms in total. The summed E-state index contributed by atoms with van der Waals surface area (Å²) < 4.78 is 0.